The number of hydrogen-bond donors (Lipinski definition) is 1. The summed E-state index contributed by atoms with van der Waals surface area (Å²) in [4.78, 5) is 33.7. The molecule has 2 aromatic carbocycles. The molecule has 0 saturated carbocycles. The zero-order valence-electron chi connectivity index (χ0n) is 18.5. The molecule has 1 aliphatic heterocycles. The molecule has 0 spiro atoms. The lowest BCUT2D eigenvalue weighted by atomic mass is 10.1. The van der Waals surface area contributed by atoms with Gasteiger partial charge in [-0.15, -0.1) is 0 Å². The van der Waals surface area contributed by atoms with Crippen LogP contribution in [-0.4, -0.2) is 39.5 Å². The number of amides is 2. The maximum absolute atomic E-state index is 13.5. The zero-order valence-corrected chi connectivity index (χ0v) is 20.1. The molecule has 1 atom stereocenters. The number of nitrogens with one attached hydrogen (secondary N) is 1. The summed E-state index contributed by atoms with van der Waals surface area (Å²) < 4.78 is 5.43. The van der Waals surface area contributed by atoms with Gasteiger partial charge in [0.05, 0.1) is 18.7 Å². The van der Waals surface area contributed by atoms with Gasteiger partial charge in [0.2, 0.25) is 5.91 Å². The predicted octanol–water partition coefficient (Wildman–Crippen LogP) is 4.66. The number of nitrogens with zero attached hydrogens (tertiary/aromatic N) is 3. The Hall–Kier alpha value is -3.49. The quantitative estimate of drug-likeness (QED) is 0.459. The maximum atomic E-state index is 13.5. The van der Waals surface area contributed by atoms with E-state index < -0.39 is 6.04 Å². The van der Waals surface area contributed by atoms with E-state index in [-0.39, 0.29) is 18.2 Å². The molecule has 1 N–H and O–H groups in total. The first kappa shape index (κ1) is 23.7. The van der Waals surface area contributed by atoms with E-state index in [9.17, 15) is 9.59 Å². The maximum Gasteiger partial charge on any atom is 0.256 e. The summed E-state index contributed by atoms with van der Waals surface area (Å²) in [5.41, 5.74) is 2.10. The molecule has 0 aliphatic carbocycles. The van der Waals surface area contributed by atoms with Crippen LogP contribution in [-0.2, 0) is 16.1 Å². The molecule has 4 rings (SSSR count). The van der Waals surface area contributed by atoms with E-state index in [4.69, 9.17) is 28.6 Å². The van der Waals surface area contributed by atoms with Gasteiger partial charge < -0.3 is 15.0 Å². The Morgan fingerprint density at radius 3 is 2.53 bits per heavy atom. The normalized spacial score (nSPS) is 15.5. The summed E-state index contributed by atoms with van der Waals surface area (Å²) in [6.07, 6.45) is 3.34. The van der Waals surface area contributed by atoms with Crippen molar-refractivity contribution in [2.75, 3.05) is 16.8 Å². The van der Waals surface area contributed by atoms with Gasteiger partial charge in [0.15, 0.2) is 5.11 Å². The van der Waals surface area contributed by atoms with Crippen LogP contribution in [0.25, 0.3) is 0 Å². The lowest BCUT2D eigenvalue weighted by molar-refractivity contribution is -0.124. The topological polar surface area (TPSA) is 74.8 Å². The van der Waals surface area contributed by atoms with Gasteiger partial charge in [-0.1, -0.05) is 17.7 Å². The third-order valence-electron chi connectivity index (χ3n) is 5.31. The van der Waals surface area contributed by atoms with E-state index in [1.165, 1.54) is 4.90 Å². The number of pyridine rings is 1. The standard InChI is InChI=1S/C25H23ClN4O3S/c1-2-33-21-11-7-19(8-12-21)28-23(31)14-22-24(32)30(20-9-5-18(26)6-10-20)25(34)29(22)16-17-4-3-13-27-15-17/h3-13,15,22H,2,14,16H2,1H3,(H,28,31). The first-order valence-electron chi connectivity index (χ1n) is 10.8. The molecule has 2 heterocycles. The number of ether oxygens (including phenoxy) is 1. The van der Waals surface area contributed by atoms with Gasteiger partial charge in [0.1, 0.15) is 11.8 Å². The average Bonchev–Trinajstić information content (AvgIpc) is 3.06. The van der Waals surface area contributed by atoms with Gasteiger partial charge in [-0.05, 0) is 79.3 Å². The Morgan fingerprint density at radius 1 is 1.15 bits per heavy atom. The lowest BCUT2D eigenvalue weighted by Gasteiger charge is -2.23. The Morgan fingerprint density at radius 2 is 1.88 bits per heavy atom. The average molecular weight is 495 g/mol. The summed E-state index contributed by atoms with van der Waals surface area (Å²) in [5, 5.41) is 3.74. The molecule has 9 heteroatoms. The van der Waals surface area contributed by atoms with Crippen LogP contribution >= 0.6 is 23.8 Å². The van der Waals surface area contributed by atoms with Crippen molar-refractivity contribution in [2.24, 2.45) is 0 Å². The molecule has 0 bridgehead atoms. The van der Waals surface area contributed by atoms with Crippen LogP contribution in [0.4, 0.5) is 11.4 Å². The SMILES string of the molecule is CCOc1ccc(NC(=O)CC2C(=O)N(c3ccc(Cl)cc3)C(=S)N2Cc2cccnc2)cc1. The smallest absolute Gasteiger partial charge is 0.256 e. The number of carbonyl (C=O) groups is 2. The van der Waals surface area contributed by atoms with Crippen LogP contribution in [0.3, 0.4) is 0 Å². The fourth-order valence-corrected chi connectivity index (χ4v) is 4.23. The molecule has 1 fully saturated rings. The van der Waals surface area contributed by atoms with Gasteiger partial charge in [0, 0.05) is 29.6 Å². The number of rotatable bonds is 8. The fraction of sp³-hybridized carbons (Fsp3) is 0.200. The number of benzene rings is 2. The Bertz CT molecular complexity index is 1170. The van der Waals surface area contributed by atoms with Crippen molar-refractivity contribution in [1.29, 1.82) is 0 Å². The monoisotopic (exact) mass is 494 g/mol. The molecule has 7 nitrogen and oxygen atoms in total. The van der Waals surface area contributed by atoms with Crippen LogP contribution < -0.4 is 15.0 Å². The molecule has 3 aromatic rings. The van der Waals surface area contributed by atoms with Crippen LogP contribution in [0.2, 0.25) is 5.02 Å². The van der Waals surface area contributed by atoms with Gasteiger partial charge in [0.25, 0.3) is 5.91 Å². The number of carbonyl (C=O) groups excluding carboxylic acids is 2. The van der Waals surface area contributed by atoms with Crippen molar-refractivity contribution in [3.8, 4) is 5.75 Å². The minimum Gasteiger partial charge on any atom is -0.494 e. The number of aromatic nitrogens is 1. The number of thiocarbonyl (C=S) groups is 1. The largest absolute Gasteiger partial charge is 0.494 e. The van der Waals surface area contributed by atoms with E-state index in [2.05, 4.69) is 10.3 Å². The molecule has 174 valence electrons. The highest BCUT2D eigenvalue weighted by atomic mass is 35.5. The van der Waals surface area contributed by atoms with Crippen LogP contribution in [0.1, 0.15) is 18.9 Å². The van der Waals surface area contributed by atoms with Gasteiger partial charge in [-0.3, -0.25) is 19.5 Å². The van der Waals surface area contributed by atoms with E-state index in [0.29, 0.717) is 34.7 Å². The third-order valence-corrected chi connectivity index (χ3v) is 5.98. The highest BCUT2D eigenvalue weighted by Crippen LogP contribution is 2.29. The molecule has 0 radical (unpaired) electrons. The number of anilines is 2. The Labute approximate surface area is 208 Å². The van der Waals surface area contributed by atoms with Crippen LogP contribution in [0.15, 0.2) is 73.1 Å². The first-order valence-corrected chi connectivity index (χ1v) is 11.6. The first-order chi connectivity index (χ1) is 16.5. The fourth-order valence-electron chi connectivity index (χ4n) is 3.72. The summed E-state index contributed by atoms with van der Waals surface area (Å²) in [6.45, 7) is 2.82. The van der Waals surface area contributed by atoms with Crippen molar-refractivity contribution in [1.82, 2.24) is 9.88 Å². The summed E-state index contributed by atoms with van der Waals surface area (Å²) in [6, 6.07) is 16.9. The van der Waals surface area contributed by atoms with Crippen molar-refractivity contribution >= 4 is 52.1 Å². The summed E-state index contributed by atoms with van der Waals surface area (Å²) >= 11 is 11.7. The molecular formula is C25H23ClN4O3S. The summed E-state index contributed by atoms with van der Waals surface area (Å²) in [5.74, 6) is 0.163. The zero-order chi connectivity index (χ0) is 24.1. The van der Waals surface area contributed by atoms with Crippen molar-refractivity contribution in [3.63, 3.8) is 0 Å². The molecule has 1 aliphatic rings. The minimum absolute atomic E-state index is 0.0590. The van der Waals surface area contributed by atoms with Crippen LogP contribution in [0.5, 0.6) is 5.75 Å². The second-order valence-corrected chi connectivity index (χ2v) is 8.45. The van der Waals surface area contributed by atoms with E-state index in [0.717, 1.165) is 11.3 Å². The van der Waals surface area contributed by atoms with E-state index in [1.54, 1.807) is 65.8 Å². The summed E-state index contributed by atoms with van der Waals surface area (Å²) in [7, 11) is 0. The molecule has 1 saturated heterocycles. The molecule has 2 amide bonds. The van der Waals surface area contributed by atoms with E-state index in [1.807, 2.05) is 19.1 Å². The highest BCUT2D eigenvalue weighted by Gasteiger charge is 2.44. The van der Waals surface area contributed by atoms with Gasteiger partial charge in [-0.25, -0.2) is 0 Å². The van der Waals surface area contributed by atoms with Crippen molar-refractivity contribution in [2.45, 2.75) is 25.9 Å². The Balaban J connectivity index is 1.55. The second-order valence-electron chi connectivity index (χ2n) is 7.65. The molecule has 1 aromatic heterocycles. The van der Waals surface area contributed by atoms with Gasteiger partial charge in [-0.2, -0.15) is 0 Å². The van der Waals surface area contributed by atoms with Gasteiger partial charge >= 0.3 is 0 Å². The molecule has 34 heavy (non-hydrogen) atoms. The lowest BCUT2D eigenvalue weighted by Crippen LogP contribution is -2.37. The number of halogens is 1. The Kier molecular flexibility index (Phi) is 7.40. The second kappa shape index (κ2) is 10.6. The molecule has 1 unspecified atom stereocenters. The van der Waals surface area contributed by atoms with Crippen molar-refractivity contribution in [3.05, 3.63) is 83.6 Å². The number of hydrogen-bond acceptors (Lipinski definition) is 5. The third kappa shape index (κ3) is 5.35. The highest BCUT2D eigenvalue weighted by molar-refractivity contribution is 7.80. The predicted molar refractivity (Wildman–Crippen MR) is 136 cm³/mol. The van der Waals surface area contributed by atoms with Crippen molar-refractivity contribution < 1.29 is 14.3 Å². The molecular weight excluding hydrogens is 472 g/mol. The minimum atomic E-state index is -0.758. The van der Waals surface area contributed by atoms with Crippen LogP contribution in [0, 0.1) is 0 Å². The van der Waals surface area contributed by atoms with E-state index >= 15 is 0 Å².